The summed E-state index contributed by atoms with van der Waals surface area (Å²) >= 11 is 0. The van der Waals surface area contributed by atoms with E-state index in [1.54, 1.807) is 37.4 Å². The average molecular weight is 471 g/mol. The van der Waals surface area contributed by atoms with Gasteiger partial charge >= 0.3 is 0 Å². The Bertz CT molecular complexity index is 958. The fraction of sp³-hybridized carbons (Fsp3) is 0.423. The number of nitrogens with one attached hydrogen (secondary N) is 1. The summed E-state index contributed by atoms with van der Waals surface area (Å²) in [5, 5.41) is 19.7. The number of aliphatic hydroxyl groups is 1. The Balaban J connectivity index is 0.000000720. The summed E-state index contributed by atoms with van der Waals surface area (Å²) in [4.78, 5) is 16.6. The number of phenolic OH excluding ortho intramolecular Hbond substituents is 1. The number of rotatable bonds is 9. The minimum atomic E-state index is -0.333. The number of nitrogen functional groups attached to an aromatic ring is 1. The van der Waals surface area contributed by atoms with E-state index in [9.17, 15) is 15.0 Å². The van der Waals surface area contributed by atoms with Crippen LogP contribution in [0.5, 0.6) is 5.75 Å². The lowest BCUT2D eigenvalue weighted by Gasteiger charge is -2.28. The van der Waals surface area contributed by atoms with E-state index in [1.807, 2.05) is 13.0 Å². The Morgan fingerprint density at radius 2 is 2.00 bits per heavy atom. The summed E-state index contributed by atoms with van der Waals surface area (Å²) in [5.41, 5.74) is 14.9. The van der Waals surface area contributed by atoms with Crippen molar-refractivity contribution >= 4 is 23.5 Å². The number of ether oxygens (including phenoxy) is 1. The zero-order chi connectivity index (χ0) is 25.1. The first-order valence-electron chi connectivity index (χ1n) is 11.6. The SMILES string of the molecule is C1CCOC1.C=CC(=O)N(C)[C@H](CO)C[C@@H](CC)c1cc(/C=C(\N)c2ccccc2O)c(N)[nH]1. The van der Waals surface area contributed by atoms with Crippen molar-refractivity contribution in [2.24, 2.45) is 5.73 Å². The number of nitrogens with two attached hydrogens (primary N) is 2. The minimum absolute atomic E-state index is 0.0583. The number of H-pyrrole nitrogens is 1. The summed E-state index contributed by atoms with van der Waals surface area (Å²) in [6.45, 7) is 7.39. The second-order valence-corrected chi connectivity index (χ2v) is 8.36. The highest BCUT2D eigenvalue weighted by atomic mass is 16.5. The summed E-state index contributed by atoms with van der Waals surface area (Å²) < 4.78 is 4.94. The van der Waals surface area contributed by atoms with E-state index in [0.29, 0.717) is 23.5 Å². The van der Waals surface area contributed by atoms with Gasteiger partial charge in [0.1, 0.15) is 11.6 Å². The summed E-state index contributed by atoms with van der Waals surface area (Å²) in [6.07, 6.45) is 6.88. The molecule has 0 bridgehead atoms. The third-order valence-electron chi connectivity index (χ3n) is 6.02. The Morgan fingerprint density at radius 1 is 1.32 bits per heavy atom. The van der Waals surface area contributed by atoms with Gasteiger partial charge < -0.3 is 36.3 Å². The van der Waals surface area contributed by atoms with Gasteiger partial charge in [-0.3, -0.25) is 4.79 Å². The second-order valence-electron chi connectivity index (χ2n) is 8.36. The van der Waals surface area contributed by atoms with Crippen LogP contribution < -0.4 is 11.5 Å². The van der Waals surface area contributed by atoms with E-state index in [4.69, 9.17) is 16.2 Å². The van der Waals surface area contributed by atoms with Crippen LogP contribution in [0.2, 0.25) is 0 Å². The number of carbonyl (C=O) groups excluding carboxylic acids is 1. The molecular formula is C26H38N4O4. The van der Waals surface area contributed by atoms with Gasteiger partial charge in [-0.25, -0.2) is 0 Å². The van der Waals surface area contributed by atoms with Crippen LogP contribution in [0.3, 0.4) is 0 Å². The molecule has 3 rings (SSSR count). The van der Waals surface area contributed by atoms with Crippen molar-refractivity contribution in [2.75, 3.05) is 32.6 Å². The number of hydrogen-bond acceptors (Lipinski definition) is 6. The topological polar surface area (TPSA) is 138 Å². The molecule has 0 unspecified atom stereocenters. The number of aliphatic hydroxyl groups excluding tert-OH is 1. The van der Waals surface area contributed by atoms with Gasteiger partial charge in [-0.05, 0) is 56.0 Å². The molecule has 2 heterocycles. The predicted molar refractivity (Wildman–Crippen MR) is 137 cm³/mol. The number of carbonyl (C=O) groups is 1. The number of para-hydroxylation sites is 1. The second kappa shape index (κ2) is 13.5. The molecular weight excluding hydrogens is 432 g/mol. The van der Waals surface area contributed by atoms with Crippen molar-refractivity contribution in [3.8, 4) is 5.75 Å². The number of phenols is 1. The molecule has 1 aromatic carbocycles. The first-order chi connectivity index (χ1) is 16.3. The normalized spacial score (nSPS) is 15.2. The monoisotopic (exact) mass is 470 g/mol. The van der Waals surface area contributed by atoms with Crippen LogP contribution in [0.4, 0.5) is 5.82 Å². The van der Waals surface area contributed by atoms with Crippen LogP contribution >= 0.6 is 0 Å². The quantitative estimate of drug-likeness (QED) is 0.356. The van der Waals surface area contributed by atoms with Crippen LogP contribution in [0, 0.1) is 0 Å². The lowest BCUT2D eigenvalue weighted by molar-refractivity contribution is -0.127. The Labute approximate surface area is 201 Å². The molecule has 0 saturated carbocycles. The number of nitrogens with zero attached hydrogens (tertiary/aromatic N) is 1. The highest BCUT2D eigenvalue weighted by Gasteiger charge is 2.23. The fourth-order valence-corrected chi connectivity index (χ4v) is 3.84. The number of anilines is 1. The van der Waals surface area contributed by atoms with E-state index < -0.39 is 0 Å². The first-order valence-corrected chi connectivity index (χ1v) is 11.6. The molecule has 2 aromatic rings. The van der Waals surface area contributed by atoms with Gasteiger partial charge in [-0.2, -0.15) is 0 Å². The number of likely N-dealkylation sites (N-methyl/N-ethyl adjacent to an activating group) is 1. The molecule has 0 spiro atoms. The van der Waals surface area contributed by atoms with Crippen molar-refractivity contribution in [2.45, 2.75) is 44.6 Å². The van der Waals surface area contributed by atoms with Gasteiger partial charge in [0.15, 0.2) is 0 Å². The zero-order valence-corrected chi connectivity index (χ0v) is 20.2. The lowest BCUT2D eigenvalue weighted by Crippen LogP contribution is -2.39. The molecule has 1 aliphatic rings. The van der Waals surface area contributed by atoms with Gasteiger partial charge in [-0.1, -0.05) is 25.6 Å². The molecule has 1 fully saturated rings. The minimum Gasteiger partial charge on any atom is -0.507 e. The average Bonchev–Trinajstić information content (AvgIpc) is 3.53. The summed E-state index contributed by atoms with van der Waals surface area (Å²) in [6, 6.07) is 8.42. The molecule has 1 aromatic heterocycles. The molecule has 1 saturated heterocycles. The summed E-state index contributed by atoms with van der Waals surface area (Å²) in [7, 11) is 1.65. The van der Waals surface area contributed by atoms with Crippen molar-refractivity contribution in [3.63, 3.8) is 0 Å². The Morgan fingerprint density at radius 3 is 2.53 bits per heavy atom. The van der Waals surface area contributed by atoms with Crippen molar-refractivity contribution in [1.82, 2.24) is 9.88 Å². The van der Waals surface area contributed by atoms with Crippen LogP contribution in [-0.2, 0) is 9.53 Å². The smallest absolute Gasteiger partial charge is 0.246 e. The van der Waals surface area contributed by atoms with Crippen LogP contribution in [0.25, 0.3) is 11.8 Å². The maximum Gasteiger partial charge on any atom is 0.246 e. The van der Waals surface area contributed by atoms with Crippen molar-refractivity contribution in [1.29, 1.82) is 0 Å². The fourth-order valence-electron chi connectivity index (χ4n) is 3.84. The molecule has 0 radical (unpaired) electrons. The number of aromatic amines is 1. The third kappa shape index (κ3) is 7.40. The predicted octanol–water partition coefficient (Wildman–Crippen LogP) is 3.45. The highest BCUT2D eigenvalue weighted by Crippen LogP contribution is 2.30. The first kappa shape index (κ1) is 27.0. The molecule has 0 aliphatic carbocycles. The molecule has 7 N–H and O–H groups in total. The van der Waals surface area contributed by atoms with E-state index in [-0.39, 0.29) is 30.2 Å². The molecule has 1 aliphatic heterocycles. The molecule has 8 heteroatoms. The van der Waals surface area contributed by atoms with E-state index in [2.05, 4.69) is 11.6 Å². The van der Waals surface area contributed by atoms with E-state index in [1.165, 1.54) is 23.8 Å². The molecule has 2 atom stereocenters. The van der Waals surface area contributed by atoms with Crippen molar-refractivity contribution in [3.05, 3.63) is 59.8 Å². The van der Waals surface area contributed by atoms with Crippen LogP contribution in [0.15, 0.2) is 43.0 Å². The molecule has 34 heavy (non-hydrogen) atoms. The van der Waals surface area contributed by atoms with Crippen LogP contribution in [0.1, 0.15) is 55.3 Å². The maximum absolute atomic E-state index is 11.9. The number of amides is 1. The van der Waals surface area contributed by atoms with E-state index in [0.717, 1.165) is 30.9 Å². The van der Waals surface area contributed by atoms with Gasteiger partial charge in [0.2, 0.25) is 5.91 Å². The van der Waals surface area contributed by atoms with Crippen molar-refractivity contribution < 1.29 is 19.7 Å². The van der Waals surface area contributed by atoms with Crippen LogP contribution in [-0.4, -0.2) is 58.9 Å². The molecule has 8 nitrogen and oxygen atoms in total. The third-order valence-corrected chi connectivity index (χ3v) is 6.02. The van der Waals surface area contributed by atoms with Gasteiger partial charge in [0.25, 0.3) is 0 Å². The molecule has 186 valence electrons. The number of hydrogen-bond donors (Lipinski definition) is 5. The summed E-state index contributed by atoms with van der Waals surface area (Å²) in [5.74, 6) is 0.391. The molecule has 1 amide bonds. The largest absolute Gasteiger partial charge is 0.507 e. The maximum atomic E-state index is 11.9. The Hall–Kier alpha value is -3.23. The zero-order valence-electron chi connectivity index (χ0n) is 20.2. The lowest BCUT2D eigenvalue weighted by atomic mass is 9.93. The Kier molecular flexibility index (Phi) is 10.7. The van der Waals surface area contributed by atoms with Gasteiger partial charge in [0, 0.05) is 48.7 Å². The van der Waals surface area contributed by atoms with Gasteiger partial charge in [-0.15, -0.1) is 0 Å². The standard InChI is InChI=1S/C22H30N4O3.C4H8O/c1-4-14(10-16(13-27)26(3)21(29)5-2)19-12-15(22(24)25-19)11-18(23)17-8-6-7-9-20(17)28;1-2-4-5-3-1/h5-9,11-12,14,16,25,27-28H,2,4,10,13,23-24H2,1,3H3;1-4H2/b18-11-;/t14-,16+;/m1./s1. The highest BCUT2D eigenvalue weighted by molar-refractivity contribution is 5.87. The number of aromatic hydroxyl groups is 1. The van der Waals surface area contributed by atoms with E-state index >= 15 is 0 Å². The number of benzene rings is 1. The van der Waals surface area contributed by atoms with Gasteiger partial charge in [0.05, 0.1) is 12.6 Å². The number of aromatic nitrogens is 1.